The van der Waals surface area contributed by atoms with Gasteiger partial charge in [-0.25, -0.2) is 0 Å². The normalized spacial score (nSPS) is 17.4. The van der Waals surface area contributed by atoms with Gasteiger partial charge in [0.2, 0.25) is 0 Å². The third kappa shape index (κ3) is 5.48. The molecule has 0 aliphatic heterocycles. The molecule has 16 heavy (non-hydrogen) atoms. The fraction of sp³-hybridized carbons (Fsp3) is 0.800. The lowest BCUT2D eigenvalue weighted by atomic mass is 9.95. The average molecular weight is 222 g/mol. The Labute approximate surface area is 100 Å². The molecule has 0 radical (unpaired) electrons. The zero-order valence-corrected chi connectivity index (χ0v) is 10.8. The van der Waals surface area contributed by atoms with Crippen LogP contribution in [0.3, 0.4) is 0 Å². The van der Waals surface area contributed by atoms with Crippen molar-refractivity contribution in [3.8, 4) is 0 Å². The quantitative estimate of drug-likeness (QED) is 0.590. The van der Waals surface area contributed by atoms with Crippen LogP contribution in [0, 0.1) is 0 Å². The Morgan fingerprint density at radius 2 is 1.94 bits per heavy atom. The summed E-state index contributed by atoms with van der Waals surface area (Å²) < 4.78 is 0. The van der Waals surface area contributed by atoms with Crippen molar-refractivity contribution in [2.45, 2.75) is 77.6 Å². The van der Waals surface area contributed by atoms with E-state index in [1.54, 1.807) is 0 Å². The Balaban J connectivity index is 2.27. The summed E-state index contributed by atoms with van der Waals surface area (Å²) in [6, 6.07) is 0. The predicted octanol–water partition coefficient (Wildman–Crippen LogP) is 4.81. The first-order valence-corrected chi connectivity index (χ1v) is 7.07. The molecule has 0 unspecified atom stereocenters. The van der Waals surface area contributed by atoms with Crippen molar-refractivity contribution in [3.05, 3.63) is 11.6 Å². The molecular formula is C15H26O. The highest BCUT2D eigenvalue weighted by Crippen LogP contribution is 2.19. The van der Waals surface area contributed by atoms with E-state index in [2.05, 4.69) is 13.0 Å². The minimum Gasteiger partial charge on any atom is -0.295 e. The highest BCUT2D eigenvalue weighted by atomic mass is 16.1. The van der Waals surface area contributed by atoms with Crippen molar-refractivity contribution in [3.63, 3.8) is 0 Å². The minimum atomic E-state index is 0.429. The number of carbonyl (C=O) groups excluding carboxylic acids is 1. The van der Waals surface area contributed by atoms with Crippen molar-refractivity contribution in [1.82, 2.24) is 0 Å². The van der Waals surface area contributed by atoms with Crippen molar-refractivity contribution in [2.75, 3.05) is 0 Å². The third-order valence-corrected chi connectivity index (χ3v) is 3.41. The van der Waals surface area contributed by atoms with Crippen molar-refractivity contribution >= 4 is 5.78 Å². The van der Waals surface area contributed by atoms with Crippen molar-refractivity contribution in [1.29, 1.82) is 0 Å². The fourth-order valence-corrected chi connectivity index (χ4v) is 2.32. The van der Waals surface area contributed by atoms with Crippen LogP contribution in [0.15, 0.2) is 11.6 Å². The third-order valence-electron chi connectivity index (χ3n) is 3.41. The Kier molecular flexibility index (Phi) is 7.20. The van der Waals surface area contributed by atoms with E-state index in [-0.39, 0.29) is 0 Å². The Morgan fingerprint density at radius 3 is 2.75 bits per heavy atom. The van der Waals surface area contributed by atoms with Gasteiger partial charge in [0.25, 0.3) is 0 Å². The van der Waals surface area contributed by atoms with Gasteiger partial charge in [0, 0.05) is 6.42 Å². The van der Waals surface area contributed by atoms with Crippen molar-refractivity contribution in [2.24, 2.45) is 0 Å². The van der Waals surface area contributed by atoms with Gasteiger partial charge in [0.1, 0.15) is 0 Å². The zero-order valence-electron chi connectivity index (χ0n) is 10.8. The molecule has 0 aromatic heterocycles. The van der Waals surface area contributed by atoms with Crippen LogP contribution in [0.4, 0.5) is 0 Å². The lowest BCUT2D eigenvalue weighted by molar-refractivity contribution is -0.115. The number of unbranched alkanes of at least 4 members (excludes halogenated alkanes) is 3. The highest BCUT2D eigenvalue weighted by molar-refractivity contribution is 5.95. The van der Waals surface area contributed by atoms with Gasteiger partial charge in [-0.15, -0.1) is 0 Å². The van der Waals surface area contributed by atoms with Crippen LogP contribution in [0.5, 0.6) is 0 Å². The van der Waals surface area contributed by atoms with Crippen molar-refractivity contribution < 1.29 is 4.79 Å². The molecule has 0 bridgehead atoms. The molecule has 1 aliphatic rings. The van der Waals surface area contributed by atoms with Crippen LogP contribution >= 0.6 is 0 Å². The molecular weight excluding hydrogens is 196 g/mol. The Hall–Kier alpha value is -0.590. The lowest BCUT2D eigenvalue weighted by Crippen LogP contribution is -2.04. The van der Waals surface area contributed by atoms with Gasteiger partial charge in [-0.2, -0.15) is 0 Å². The van der Waals surface area contributed by atoms with Gasteiger partial charge in [-0.1, -0.05) is 45.1 Å². The van der Waals surface area contributed by atoms with Gasteiger partial charge < -0.3 is 0 Å². The number of rotatable bonds is 6. The molecule has 0 saturated carbocycles. The summed E-state index contributed by atoms with van der Waals surface area (Å²) in [6.07, 6.45) is 15.1. The average Bonchev–Trinajstić information content (AvgIpc) is 2.23. The summed E-state index contributed by atoms with van der Waals surface area (Å²) >= 11 is 0. The number of allylic oxidation sites excluding steroid dienone is 2. The molecule has 0 spiro atoms. The van der Waals surface area contributed by atoms with Crippen LogP contribution in [0.2, 0.25) is 0 Å². The van der Waals surface area contributed by atoms with Gasteiger partial charge >= 0.3 is 0 Å². The maximum Gasteiger partial charge on any atom is 0.158 e. The molecule has 0 amide bonds. The highest BCUT2D eigenvalue weighted by Gasteiger charge is 2.10. The molecule has 0 fully saturated rings. The number of hydrogen-bond donors (Lipinski definition) is 0. The molecule has 0 aromatic rings. The number of Topliss-reactive ketones (excluding diaryl/α,β-unsaturated/α-hetero) is 1. The SMILES string of the molecule is CCCCCCC(=O)C1=CCCCCCC1. The largest absolute Gasteiger partial charge is 0.295 e. The molecule has 1 aliphatic carbocycles. The maximum absolute atomic E-state index is 12.0. The first kappa shape index (κ1) is 13.5. The van der Waals surface area contributed by atoms with E-state index in [9.17, 15) is 4.79 Å². The summed E-state index contributed by atoms with van der Waals surface area (Å²) in [4.78, 5) is 12.0. The Bertz CT molecular complexity index is 228. The van der Waals surface area contributed by atoms with E-state index in [4.69, 9.17) is 0 Å². The smallest absolute Gasteiger partial charge is 0.158 e. The first-order chi connectivity index (χ1) is 7.84. The number of carbonyl (C=O) groups is 1. The first-order valence-electron chi connectivity index (χ1n) is 7.07. The summed E-state index contributed by atoms with van der Waals surface area (Å²) in [5, 5.41) is 0. The van der Waals surface area contributed by atoms with E-state index in [0.29, 0.717) is 5.78 Å². The summed E-state index contributed by atoms with van der Waals surface area (Å²) in [5.74, 6) is 0.429. The molecule has 1 heteroatoms. The van der Waals surface area contributed by atoms with Crippen LogP contribution in [-0.2, 0) is 4.79 Å². The standard InChI is InChI=1S/C15H26O/c1-2-3-4-10-13-15(16)14-11-8-6-5-7-9-12-14/h11H,2-10,12-13H2,1H3. The molecule has 0 saturated heterocycles. The van der Waals surface area contributed by atoms with E-state index in [1.165, 1.54) is 44.9 Å². The fourth-order valence-electron chi connectivity index (χ4n) is 2.32. The minimum absolute atomic E-state index is 0.429. The van der Waals surface area contributed by atoms with Crippen LogP contribution < -0.4 is 0 Å². The number of ketones is 1. The van der Waals surface area contributed by atoms with Gasteiger partial charge in [-0.3, -0.25) is 4.79 Å². The molecule has 1 nitrogen and oxygen atoms in total. The second-order valence-corrected chi connectivity index (χ2v) is 4.92. The summed E-state index contributed by atoms with van der Waals surface area (Å²) in [6.45, 7) is 2.21. The monoisotopic (exact) mass is 222 g/mol. The summed E-state index contributed by atoms with van der Waals surface area (Å²) in [7, 11) is 0. The van der Waals surface area contributed by atoms with Crippen LogP contribution in [0.1, 0.15) is 77.6 Å². The molecule has 0 N–H and O–H groups in total. The maximum atomic E-state index is 12.0. The van der Waals surface area contributed by atoms with E-state index in [1.807, 2.05) is 0 Å². The topological polar surface area (TPSA) is 17.1 Å². The zero-order chi connectivity index (χ0) is 11.6. The second-order valence-electron chi connectivity index (χ2n) is 4.92. The van der Waals surface area contributed by atoms with Crippen LogP contribution in [0.25, 0.3) is 0 Å². The van der Waals surface area contributed by atoms with E-state index >= 15 is 0 Å². The second kappa shape index (κ2) is 8.55. The molecule has 0 aromatic carbocycles. The van der Waals surface area contributed by atoms with Crippen LogP contribution in [-0.4, -0.2) is 5.78 Å². The molecule has 0 atom stereocenters. The number of hydrogen-bond acceptors (Lipinski definition) is 1. The van der Waals surface area contributed by atoms with E-state index < -0.39 is 0 Å². The lowest BCUT2D eigenvalue weighted by Gasteiger charge is -2.10. The van der Waals surface area contributed by atoms with Gasteiger partial charge in [0.15, 0.2) is 5.78 Å². The van der Waals surface area contributed by atoms with Gasteiger partial charge in [-0.05, 0) is 37.7 Å². The Morgan fingerprint density at radius 1 is 1.12 bits per heavy atom. The van der Waals surface area contributed by atoms with E-state index in [0.717, 1.165) is 31.3 Å². The molecule has 1 rings (SSSR count). The summed E-state index contributed by atoms with van der Waals surface area (Å²) in [5.41, 5.74) is 1.14. The van der Waals surface area contributed by atoms with Gasteiger partial charge in [0.05, 0.1) is 0 Å². The molecule has 92 valence electrons. The molecule has 0 heterocycles. The predicted molar refractivity (Wildman–Crippen MR) is 69.6 cm³/mol.